The first kappa shape index (κ1) is 10.5. The summed E-state index contributed by atoms with van der Waals surface area (Å²) >= 11 is 0. The highest BCUT2D eigenvalue weighted by Gasteiger charge is 2.09. The fourth-order valence-electron chi connectivity index (χ4n) is 1.79. The van der Waals surface area contributed by atoms with Crippen LogP contribution < -0.4 is 10.5 Å². The Morgan fingerprint density at radius 2 is 2.17 bits per heavy atom. The highest BCUT2D eigenvalue weighted by Crippen LogP contribution is 2.30. The molecule has 1 aromatic carbocycles. The molecule has 2 N–H and O–H groups in total. The molecule has 0 saturated carbocycles. The van der Waals surface area contributed by atoms with E-state index in [9.17, 15) is 0 Å². The molecule has 0 aliphatic heterocycles. The highest BCUT2D eigenvalue weighted by atomic mass is 16.5. The van der Waals surface area contributed by atoms with Crippen LogP contribution in [0.2, 0.25) is 0 Å². The van der Waals surface area contributed by atoms with Gasteiger partial charge < -0.3 is 10.5 Å². The molecule has 0 unspecified atom stereocenters. The van der Waals surface area contributed by atoms with Crippen LogP contribution in [0.5, 0.6) is 11.5 Å². The van der Waals surface area contributed by atoms with Gasteiger partial charge in [-0.25, -0.2) is 0 Å². The lowest BCUT2D eigenvalue weighted by Gasteiger charge is -2.06. The van der Waals surface area contributed by atoms with Crippen LogP contribution in [0.25, 0.3) is 10.9 Å². The number of aromatic nitrogens is 4. The van der Waals surface area contributed by atoms with Crippen molar-refractivity contribution in [1.82, 2.24) is 20.0 Å². The summed E-state index contributed by atoms with van der Waals surface area (Å²) in [5.41, 5.74) is 7.24. The molecule has 2 heterocycles. The van der Waals surface area contributed by atoms with Gasteiger partial charge in [0.05, 0.1) is 12.4 Å². The second-order valence-electron chi connectivity index (χ2n) is 3.94. The molecule has 6 heteroatoms. The van der Waals surface area contributed by atoms with Crippen molar-refractivity contribution in [3.05, 3.63) is 36.8 Å². The van der Waals surface area contributed by atoms with Crippen molar-refractivity contribution in [1.29, 1.82) is 0 Å². The number of fused-ring (bicyclic) bond motifs is 1. The number of benzene rings is 1. The van der Waals surface area contributed by atoms with Crippen molar-refractivity contribution in [2.75, 3.05) is 5.73 Å². The molecule has 0 atom stereocenters. The predicted octanol–water partition coefficient (Wildman–Crippen LogP) is 1.74. The van der Waals surface area contributed by atoms with Crippen molar-refractivity contribution < 1.29 is 4.74 Å². The van der Waals surface area contributed by atoms with Gasteiger partial charge in [0, 0.05) is 36.5 Å². The van der Waals surface area contributed by atoms with Crippen molar-refractivity contribution in [2.24, 2.45) is 7.05 Å². The van der Waals surface area contributed by atoms with E-state index in [1.54, 1.807) is 23.0 Å². The predicted molar refractivity (Wildman–Crippen MR) is 67.2 cm³/mol. The topological polar surface area (TPSA) is 78.9 Å². The van der Waals surface area contributed by atoms with E-state index >= 15 is 0 Å². The van der Waals surface area contributed by atoms with E-state index in [0.717, 1.165) is 10.9 Å². The molecule has 0 spiro atoms. The van der Waals surface area contributed by atoms with Crippen LogP contribution in [-0.4, -0.2) is 20.0 Å². The summed E-state index contributed by atoms with van der Waals surface area (Å²) < 4.78 is 7.45. The zero-order chi connectivity index (χ0) is 12.5. The maximum Gasteiger partial charge on any atom is 0.157 e. The first-order valence-electron chi connectivity index (χ1n) is 5.40. The smallest absolute Gasteiger partial charge is 0.157 e. The lowest BCUT2D eigenvalue weighted by molar-refractivity contribution is 0.482. The zero-order valence-corrected chi connectivity index (χ0v) is 9.74. The average Bonchev–Trinajstić information content (AvgIpc) is 2.71. The Labute approximate surface area is 103 Å². The number of nitrogens with zero attached hydrogens (tertiary/aromatic N) is 4. The van der Waals surface area contributed by atoms with Crippen molar-refractivity contribution in [3.63, 3.8) is 0 Å². The van der Waals surface area contributed by atoms with Gasteiger partial charge in [0.1, 0.15) is 11.3 Å². The third-order valence-corrected chi connectivity index (χ3v) is 2.50. The molecule has 0 bridgehead atoms. The van der Waals surface area contributed by atoms with Crippen LogP contribution in [0.3, 0.4) is 0 Å². The summed E-state index contributed by atoms with van der Waals surface area (Å²) in [5.74, 6) is 1.21. The molecule has 0 radical (unpaired) electrons. The molecular formula is C12H11N5O. The first-order chi connectivity index (χ1) is 8.72. The Morgan fingerprint density at radius 1 is 1.28 bits per heavy atom. The number of rotatable bonds is 2. The minimum absolute atomic E-state index is 0.600. The van der Waals surface area contributed by atoms with Crippen LogP contribution in [0.15, 0.2) is 36.8 Å². The van der Waals surface area contributed by atoms with Gasteiger partial charge in [0.25, 0.3) is 0 Å². The van der Waals surface area contributed by atoms with Crippen molar-refractivity contribution in [2.45, 2.75) is 0 Å². The molecule has 0 saturated heterocycles. The molecule has 90 valence electrons. The third-order valence-electron chi connectivity index (χ3n) is 2.50. The minimum atomic E-state index is 0.600. The van der Waals surface area contributed by atoms with Crippen LogP contribution in [0, 0.1) is 0 Å². The van der Waals surface area contributed by atoms with Gasteiger partial charge in [-0.05, 0) is 6.07 Å². The third kappa shape index (κ3) is 1.84. The van der Waals surface area contributed by atoms with Gasteiger partial charge in [-0.1, -0.05) is 0 Å². The summed E-state index contributed by atoms with van der Waals surface area (Å²) in [6, 6.07) is 5.33. The monoisotopic (exact) mass is 241 g/mol. The SMILES string of the molecule is Cn1cc2cc(N)cc(Oc3ccnnc3)c2n1. The van der Waals surface area contributed by atoms with Crippen LogP contribution >= 0.6 is 0 Å². The second kappa shape index (κ2) is 3.99. The molecule has 0 fully saturated rings. The Hall–Kier alpha value is -2.63. The standard InChI is InChI=1S/C12H11N5O/c1-17-7-8-4-9(13)5-11(12(8)16-17)18-10-2-3-14-15-6-10/h2-7H,13H2,1H3. The lowest BCUT2D eigenvalue weighted by atomic mass is 10.2. The minimum Gasteiger partial charge on any atom is -0.453 e. The van der Waals surface area contributed by atoms with Gasteiger partial charge in [0.2, 0.25) is 0 Å². The Kier molecular flexibility index (Phi) is 2.33. The van der Waals surface area contributed by atoms with E-state index in [1.807, 2.05) is 19.3 Å². The molecule has 18 heavy (non-hydrogen) atoms. The van der Waals surface area contributed by atoms with E-state index in [2.05, 4.69) is 15.3 Å². The van der Waals surface area contributed by atoms with Crippen LogP contribution in [0.4, 0.5) is 5.69 Å². The van der Waals surface area contributed by atoms with Crippen molar-refractivity contribution in [3.8, 4) is 11.5 Å². The molecule has 0 aliphatic rings. The van der Waals surface area contributed by atoms with E-state index in [4.69, 9.17) is 10.5 Å². The Balaban J connectivity index is 2.10. The number of hydrogen-bond donors (Lipinski definition) is 1. The number of aryl methyl sites for hydroxylation is 1. The fraction of sp³-hybridized carbons (Fsp3) is 0.0833. The second-order valence-corrected chi connectivity index (χ2v) is 3.94. The van der Waals surface area contributed by atoms with Gasteiger partial charge >= 0.3 is 0 Å². The summed E-state index contributed by atoms with van der Waals surface area (Å²) in [7, 11) is 1.86. The van der Waals surface area contributed by atoms with E-state index < -0.39 is 0 Å². The van der Waals surface area contributed by atoms with Gasteiger partial charge in [-0.3, -0.25) is 4.68 Å². The molecular weight excluding hydrogens is 230 g/mol. The summed E-state index contributed by atoms with van der Waals surface area (Å²) in [4.78, 5) is 0. The molecule has 3 rings (SSSR count). The van der Waals surface area contributed by atoms with Crippen LogP contribution in [-0.2, 0) is 7.05 Å². The number of nitrogens with two attached hydrogens (primary N) is 1. The molecule has 0 aliphatic carbocycles. The van der Waals surface area contributed by atoms with E-state index in [-0.39, 0.29) is 0 Å². The zero-order valence-electron chi connectivity index (χ0n) is 9.74. The van der Waals surface area contributed by atoms with Crippen molar-refractivity contribution >= 4 is 16.6 Å². The Morgan fingerprint density at radius 3 is 2.94 bits per heavy atom. The maximum atomic E-state index is 5.84. The average molecular weight is 241 g/mol. The largest absolute Gasteiger partial charge is 0.453 e. The summed E-state index contributed by atoms with van der Waals surface area (Å²) in [5, 5.41) is 12.7. The molecule has 2 aromatic heterocycles. The number of ether oxygens (including phenoxy) is 1. The summed E-state index contributed by atoms with van der Waals surface area (Å²) in [6.45, 7) is 0. The molecule has 6 nitrogen and oxygen atoms in total. The normalized spacial score (nSPS) is 10.7. The first-order valence-corrected chi connectivity index (χ1v) is 5.40. The Bertz CT molecular complexity index is 692. The van der Waals surface area contributed by atoms with Crippen LogP contribution in [0.1, 0.15) is 0 Å². The number of nitrogen functional groups attached to an aromatic ring is 1. The van der Waals surface area contributed by atoms with Gasteiger partial charge in [-0.2, -0.15) is 15.3 Å². The molecule has 0 amide bonds. The lowest BCUT2D eigenvalue weighted by Crippen LogP contribution is -1.91. The highest BCUT2D eigenvalue weighted by molar-refractivity contribution is 5.87. The van der Waals surface area contributed by atoms with E-state index in [1.165, 1.54) is 6.20 Å². The van der Waals surface area contributed by atoms with Gasteiger partial charge in [-0.15, -0.1) is 0 Å². The quantitative estimate of drug-likeness (QED) is 0.691. The molecule has 3 aromatic rings. The van der Waals surface area contributed by atoms with E-state index in [0.29, 0.717) is 17.2 Å². The number of anilines is 1. The maximum absolute atomic E-state index is 5.84. The number of hydrogen-bond acceptors (Lipinski definition) is 5. The fourth-order valence-corrected chi connectivity index (χ4v) is 1.79. The summed E-state index contributed by atoms with van der Waals surface area (Å²) in [6.07, 6.45) is 5.00. The van der Waals surface area contributed by atoms with Gasteiger partial charge in [0.15, 0.2) is 5.75 Å².